The third-order valence-corrected chi connectivity index (χ3v) is 3.44. The first kappa shape index (κ1) is 15.4. The van der Waals surface area contributed by atoms with Crippen molar-refractivity contribution in [2.75, 3.05) is 0 Å². The van der Waals surface area contributed by atoms with E-state index in [9.17, 15) is 5.11 Å². The first-order valence-corrected chi connectivity index (χ1v) is 7.14. The zero-order chi connectivity index (χ0) is 11.9. The second-order valence-corrected chi connectivity index (χ2v) is 6.89. The lowest BCUT2D eigenvalue weighted by molar-refractivity contribution is 0.0414. The Kier molecular flexibility index (Phi) is 7.88. The summed E-state index contributed by atoms with van der Waals surface area (Å²) in [6.07, 6.45) is 7.27. The van der Waals surface area contributed by atoms with Crippen LogP contribution in [0.4, 0.5) is 0 Å². The Hall–Kier alpha value is 0.430. The molecule has 0 fully saturated rings. The van der Waals surface area contributed by atoms with Gasteiger partial charge in [0.25, 0.3) is 0 Å². The van der Waals surface area contributed by atoms with Crippen molar-refractivity contribution in [1.29, 1.82) is 0 Å². The summed E-state index contributed by atoms with van der Waals surface area (Å²) in [5.41, 5.74) is 0.942. The lowest BCUT2D eigenvalue weighted by Gasteiger charge is -2.23. The topological polar surface area (TPSA) is 20.2 Å². The van der Waals surface area contributed by atoms with E-state index in [0.29, 0.717) is 3.92 Å². The van der Waals surface area contributed by atoms with E-state index in [-0.39, 0.29) is 0 Å². The van der Waals surface area contributed by atoms with Crippen LogP contribution < -0.4 is 0 Å². The Labute approximate surface area is 108 Å². The van der Waals surface area contributed by atoms with Gasteiger partial charge in [-0.05, 0) is 46.0 Å². The fourth-order valence-electron chi connectivity index (χ4n) is 1.41. The third-order valence-electron chi connectivity index (χ3n) is 2.81. The summed E-state index contributed by atoms with van der Waals surface area (Å²) in [6, 6.07) is 0. The summed E-state index contributed by atoms with van der Waals surface area (Å²) in [5, 5.41) is 10.1. The van der Waals surface area contributed by atoms with E-state index in [1.807, 2.05) is 6.92 Å². The van der Waals surface area contributed by atoms with Crippen molar-refractivity contribution in [3.05, 3.63) is 11.6 Å². The Morgan fingerprint density at radius 2 is 2.07 bits per heavy atom. The highest BCUT2D eigenvalue weighted by Gasteiger charge is 2.19. The van der Waals surface area contributed by atoms with E-state index in [2.05, 4.69) is 49.4 Å². The van der Waals surface area contributed by atoms with Crippen molar-refractivity contribution in [3.8, 4) is 0 Å². The van der Waals surface area contributed by atoms with Crippen molar-refractivity contribution in [2.24, 2.45) is 0 Å². The number of aliphatic hydroxyl groups is 1. The van der Waals surface area contributed by atoms with Crippen molar-refractivity contribution in [1.82, 2.24) is 0 Å². The Morgan fingerprint density at radius 1 is 1.47 bits per heavy atom. The summed E-state index contributed by atoms with van der Waals surface area (Å²) in [5.74, 6) is 0. The number of hydrogen-bond donors (Lipinski definition) is 1. The second-order valence-electron chi connectivity index (χ2n) is 4.76. The first-order chi connectivity index (χ1) is 6.87. The van der Waals surface area contributed by atoms with E-state index >= 15 is 0 Å². The van der Waals surface area contributed by atoms with Crippen LogP contribution in [0.1, 0.15) is 59.8 Å². The Morgan fingerprint density at radius 3 is 2.53 bits per heavy atom. The Balaban J connectivity index is 3.83. The van der Waals surface area contributed by atoms with Gasteiger partial charge < -0.3 is 5.11 Å². The molecule has 0 heterocycles. The molecule has 0 spiro atoms. The second kappa shape index (κ2) is 7.66. The summed E-state index contributed by atoms with van der Waals surface area (Å²) >= 11 is 2.41. The van der Waals surface area contributed by atoms with Crippen molar-refractivity contribution < 1.29 is 5.11 Å². The average molecular weight is 324 g/mol. The molecule has 0 aliphatic rings. The standard InChI is InChI=1S/C13H25IO/c1-5-11(2)7-6-9-13(4,15)10-8-12(3)14/h7,12,15H,5-6,8-10H2,1-4H3/b11-7+. The van der Waals surface area contributed by atoms with Crippen LogP contribution in [0.2, 0.25) is 0 Å². The summed E-state index contributed by atoms with van der Waals surface area (Å²) < 4.78 is 0.655. The first-order valence-electron chi connectivity index (χ1n) is 5.89. The molecule has 1 N–H and O–H groups in total. The van der Waals surface area contributed by atoms with Crippen LogP contribution in [0.25, 0.3) is 0 Å². The fourth-order valence-corrected chi connectivity index (χ4v) is 1.72. The molecule has 0 radical (unpaired) electrons. The third kappa shape index (κ3) is 9.36. The van der Waals surface area contributed by atoms with E-state index in [1.165, 1.54) is 5.57 Å². The van der Waals surface area contributed by atoms with Gasteiger partial charge in [0, 0.05) is 3.92 Å². The van der Waals surface area contributed by atoms with Crippen molar-refractivity contribution >= 4 is 22.6 Å². The van der Waals surface area contributed by atoms with Gasteiger partial charge in [-0.1, -0.05) is 48.1 Å². The van der Waals surface area contributed by atoms with Crippen molar-refractivity contribution in [2.45, 2.75) is 69.3 Å². The highest BCUT2D eigenvalue weighted by Crippen LogP contribution is 2.22. The monoisotopic (exact) mass is 324 g/mol. The van der Waals surface area contributed by atoms with Gasteiger partial charge in [0.15, 0.2) is 0 Å². The molecule has 0 bridgehead atoms. The average Bonchev–Trinajstić information content (AvgIpc) is 2.14. The highest BCUT2D eigenvalue weighted by molar-refractivity contribution is 14.1. The van der Waals surface area contributed by atoms with Gasteiger partial charge in [-0.25, -0.2) is 0 Å². The van der Waals surface area contributed by atoms with Crippen LogP contribution in [0.3, 0.4) is 0 Å². The maximum atomic E-state index is 10.1. The minimum atomic E-state index is -0.482. The molecule has 0 rings (SSSR count). The Bertz CT molecular complexity index is 195. The van der Waals surface area contributed by atoms with Gasteiger partial charge in [-0.3, -0.25) is 0 Å². The molecule has 0 aliphatic carbocycles. The predicted octanol–water partition coefficient (Wildman–Crippen LogP) is 4.48. The smallest absolute Gasteiger partial charge is 0.0623 e. The quantitative estimate of drug-likeness (QED) is 0.416. The van der Waals surface area contributed by atoms with Crippen LogP contribution in [-0.2, 0) is 0 Å². The largest absolute Gasteiger partial charge is 0.390 e. The molecule has 2 unspecified atom stereocenters. The molecule has 0 aliphatic heterocycles. The molecule has 15 heavy (non-hydrogen) atoms. The van der Waals surface area contributed by atoms with Gasteiger partial charge in [0.05, 0.1) is 5.60 Å². The van der Waals surface area contributed by atoms with Gasteiger partial charge >= 0.3 is 0 Å². The van der Waals surface area contributed by atoms with Crippen LogP contribution in [0, 0.1) is 0 Å². The molecule has 1 nitrogen and oxygen atoms in total. The minimum absolute atomic E-state index is 0.482. The fraction of sp³-hybridized carbons (Fsp3) is 0.846. The lowest BCUT2D eigenvalue weighted by Crippen LogP contribution is -2.24. The number of allylic oxidation sites excluding steroid dienone is 2. The summed E-state index contributed by atoms with van der Waals surface area (Å²) in [6.45, 7) is 8.47. The SMILES string of the molecule is CC/C(C)=C/CCC(C)(O)CCC(C)I. The molecule has 0 saturated carbocycles. The van der Waals surface area contributed by atoms with Crippen LogP contribution >= 0.6 is 22.6 Å². The molecule has 0 aromatic carbocycles. The maximum absolute atomic E-state index is 10.1. The molecule has 0 saturated heterocycles. The molecule has 0 aromatic heterocycles. The van der Waals surface area contributed by atoms with E-state index < -0.39 is 5.60 Å². The molecule has 0 amide bonds. The van der Waals surface area contributed by atoms with Gasteiger partial charge in [-0.15, -0.1) is 0 Å². The molecule has 90 valence electrons. The molecular formula is C13H25IO. The lowest BCUT2D eigenvalue weighted by atomic mass is 9.93. The van der Waals surface area contributed by atoms with Gasteiger partial charge in [0.1, 0.15) is 0 Å². The van der Waals surface area contributed by atoms with Crippen LogP contribution in [0.5, 0.6) is 0 Å². The zero-order valence-corrected chi connectivity index (χ0v) is 12.7. The summed E-state index contributed by atoms with van der Waals surface area (Å²) in [7, 11) is 0. The van der Waals surface area contributed by atoms with Crippen molar-refractivity contribution in [3.63, 3.8) is 0 Å². The van der Waals surface area contributed by atoms with Crippen LogP contribution in [-0.4, -0.2) is 14.6 Å². The molecule has 2 heteroatoms. The summed E-state index contributed by atoms with van der Waals surface area (Å²) in [4.78, 5) is 0. The number of hydrogen-bond acceptors (Lipinski definition) is 1. The highest BCUT2D eigenvalue weighted by atomic mass is 127. The molecular weight excluding hydrogens is 299 g/mol. The zero-order valence-electron chi connectivity index (χ0n) is 10.5. The predicted molar refractivity (Wildman–Crippen MR) is 76.6 cm³/mol. The van der Waals surface area contributed by atoms with Crippen LogP contribution in [0.15, 0.2) is 11.6 Å². The number of alkyl halides is 1. The maximum Gasteiger partial charge on any atom is 0.0623 e. The molecule has 0 aromatic rings. The number of halogens is 1. The normalized spacial score (nSPS) is 18.7. The van der Waals surface area contributed by atoms with Gasteiger partial charge in [0.2, 0.25) is 0 Å². The molecule has 2 atom stereocenters. The minimum Gasteiger partial charge on any atom is -0.390 e. The van der Waals surface area contributed by atoms with E-state index in [4.69, 9.17) is 0 Å². The van der Waals surface area contributed by atoms with E-state index in [0.717, 1.165) is 32.1 Å². The van der Waals surface area contributed by atoms with Gasteiger partial charge in [-0.2, -0.15) is 0 Å². The van der Waals surface area contributed by atoms with E-state index in [1.54, 1.807) is 0 Å². The number of rotatable bonds is 7.